The Balaban J connectivity index is 1.51. The smallest absolute Gasteiger partial charge is 0.0515 e. The molecule has 2 aromatic carbocycles. The molecular weight excluding hydrogens is 318 g/mol. The van der Waals surface area contributed by atoms with Crippen molar-refractivity contribution in [3.8, 4) is 0 Å². The molecular formula is C23H23N3. The zero-order chi connectivity index (χ0) is 17.1. The van der Waals surface area contributed by atoms with Gasteiger partial charge in [-0.05, 0) is 35.6 Å². The van der Waals surface area contributed by atoms with E-state index >= 15 is 0 Å². The average molecular weight is 341 g/mol. The van der Waals surface area contributed by atoms with Crippen molar-refractivity contribution in [3.63, 3.8) is 0 Å². The number of benzene rings is 2. The Kier molecular flexibility index (Phi) is 3.09. The van der Waals surface area contributed by atoms with Crippen LogP contribution >= 0.6 is 0 Å². The molecule has 0 saturated carbocycles. The van der Waals surface area contributed by atoms with Crippen molar-refractivity contribution in [2.75, 3.05) is 13.1 Å². The number of hydrogen-bond donors (Lipinski definition) is 2. The monoisotopic (exact) mass is 341 g/mol. The van der Waals surface area contributed by atoms with Gasteiger partial charge >= 0.3 is 0 Å². The zero-order valence-electron chi connectivity index (χ0n) is 14.8. The molecule has 0 bridgehead atoms. The van der Waals surface area contributed by atoms with Crippen molar-refractivity contribution < 1.29 is 0 Å². The van der Waals surface area contributed by atoms with Crippen LogP contribution in [-0.4, -0.2) is 22.6 Å². The topological polar surface area (TPSA) is 32.8 Å². The van der Waals surface area contributed by atoms with E-state index < -0.39 is 0 Å². The molecule has 3 nitrogen and oxygen atoms in total. The lowest BCUT2D eigenvalue weighted by Gasteiger charge is -2.18. The van der Waals surface area contributed by atoms with Crippen molar-refractivity contribution in [1.29, 1.82) is 0 Å². The molecule has 1 unspecified atom stereocenters. The third kappa shape index (κ3) is 1.98. The standard InChI is InChI=1S/C23H23N3/c1-2-9-22-16(7-1)20(13-25-22)18-11-24-12-19(18)21-14-26-10-4-6-15-5-3-8-17(21)23(15)26/h1-3,5,7-9,13-14,18-19,24-25H,4,6,10-12H2/t18?,19-/m1/s1. The molecule has 0 amide bonds. The lowest BCUT2D eigenvalue weighted by molar-refractivity contribution is 0.626. The quantitative estimate of drug-likeness (QED) is 0.551. The number of aromatic amines is 1. The number of H-pyrrole nitrogens is 1. The molecule has 1 saturated heterocycles. The Labute approximate surface area is 153 Å². The van der Waals surface area contributed by atoms with Gasteiger partial charge in [-0.15, -0.1) is 0 Å². The Morgan fingerprint density at radius 3 is 2.69 bits per heavy atom. The summed E-state index contributed by atoms with van der Waals surface area (Å²) in [5.74, 6) is 1.06. The van der Waals surface area contributed by atoms with Gasteiger partial charge in [0.1, 0.15) is 0 Å². The fourth-order valence-corrected chi connectivity index (χ4v) is 5.31. The van der Waals surface area contributed by atoms with Crippen LogP contribution in [0.1, 0.15) is 34.9 Å². The zero-order valence-corrected chi connectivity index (χ0v) is 14.8. The van der Waals surface area contributed by atoms with Crippen LogP contribution in [0.4, 0.5) is 0 Å². The molecule has 130 valence electrons. The molecule has 2 aliphatic heterocycles. The van der Waals surface area contributed by atoms with E-state index in [9.17, 15) is 0 Å². The second-order valence-electron chi connectivity index (χ2n) is 7.86. The number of hydrogen-bond acceptors (Lipinski definition) is 1. The van der Waals surface area contributed by atoms with Crippen LogP contribution < -0.4 is 5.32 Å². The van der Waals surface area contributed by atoms with Crippen LogP contribution in [-0.2, 0) is 13.0 Å². The minimum atomic E-state index is 0.523. The third-order valence-electron chi connectivity index (χ3n) is 6.49. The van der Waals surface area contributed by atoms with Gasteiger partial charge in [-0.1, -0.05) is 36.4 Å². The van der Waals surface area contributed by atoms with E-state index in [0.717, 1.165) is 19.6 Å². The number of rotatable bonds is 2. The SMILES string of the molecule is c1ccc2c(C3CNC[C@H]3c3cn4c5c(cccc35)CCC4)c[nH]c2c1. The van der Waals surface area contributed by atoms with Gasteiger partial charge in [-0.25, -0.2) is 0 Å². The number of nitrogens with one attached hydrogen (secondary N) is 2. The summed E-state index contributed by atoms with van der Waals surface area (Å²) < 4.78 is 2.51. The van der Waals surface area contributed by atoms with Crippen molar-refractivity contribution in [2.45, 2.75) is 31.2 Å². The van der Waals surface area contributed by atoms with Crippen molar-refractivity contribution >= 4 is 21.8 Å². The summed E-state index contributed by atoms with van der Waals surface area (Å²) >= 11 is 0. The summed E-state index contributed by atoms with van der Waals surface area (Å²) in [7, 11) is 0. The summed E-state index contributed by atoms with van der Waals surface area (Å²) in [6, 6.07) is 15.6. The maximum Gasteiger partial charge on any atom is 0.0515 e. The van der Waals surface area contributed by atoms with E-state index in [1.807, 2.05) is 0 Å². The molecule has 3 heteroatoms. The molecule has 2 atom stereocenters. The highest BCUT2D eigenvalue weighted by molar-refractivity contribution is 5.89. The number of aromatic nitrogens is 2. The Morgan fingerprint density at radius 1 is 0.885 bits per heavy atom. The molecule has 2 aromatic heterocycles. The van der Waals surface area contributed by atoms with Crippen molar-refractivity contribution in [1.82, 2.24) is 14.9 Å². The molecule has 2 N–H and O–H groups in total. The van der Waals surface area contributed by atoms with Gasteiger partial charge in [-0.3, -0.25) is 0 Å². The van der Waals surface area contributed by atoms with E-state index in [2.05, 4.69) is 69.7 Å². The highest BCUT2D eigenvalue weighted by atomic mass is 15.0. The fourth-order valence-electron chi connectivity index (χ4n) is 5.31. The van der Waals surface area contributed by atoms with E-state index in [-0.39, 0.29) is 0 Å². The first-order valence-electron chi connectivity index (χ1n) is 9.77. The maximum atomic E-state index is 3.67. The van der Waals surface area contributed by atoms with Gasteiger partial charge in [0.15, 0.2) is 0 Å². The maximum absolute atomic E-state index is 3.67. The third-order valence-corrected chi connectivity index (χ3v) is 6.49. The van der Waals surface area contributed by atoms with Crippen LogP contribution in [0, 0.1) is 0 Å². The molecule has 0 aliphatic carbocycles. The molecule has 4 heterocycles. The summed E-state index contributed by atoms with van der Waals surface area (Å²) in [6.45, 7) is 3.28. The fraction of sp³-hybridized carbons (Fsp3) is 0.304. The van der Waals surface area contributed by atoms with Gasteiger partial charge in [-0.2, -0.15) is 0 Å². The second-order valence-corrected chi connectivity index (χ2v) is 7.86. The number of para-hydroxylation sites is 2. The van der Waals surface area contributed by atoms with Gasteiger partial charge < -0.3 is 14.9 Å². The summed E-state index contributed by atoms with van der Waals surface area (Å²) in [6.07, 6.45) is 7.16. The van der Waals surface area contributed by atoms with Crippen LogP contribution in [0.15, 0.2) is 54.9 Å². The summed E-state index contributed by atoms with van der Waals surface area (Å²) in [4.78, 5) is 3.48. The van der Waals surface area contributed by atoms with Crippen LogP contribution in [0.5, 0.6) is 0 Å². The largest absolute Gasteiger partial charge is 0.361 e. The molecule has 6 rings (SSSR count). The molecule has 4 aromatic rings. The molecule has 0 spiro atoms. The van der Waals surface area contributed by atoms with Crippen LogP contribution in [0.2, 0.25) is 0 Å². The van der Waals surface area contributed by atoms with Gasteiger partial charge in [0.2, 0.25) is 0 Å². The Bertz CT molecular complexity index is 1120. The normalized spacial score (nSPS) is 22.5. The van der Waals surface area contributed by atoms with Crippen molar-refractivity contribution in [3.05, 3.63) is 71.5 Å². The van der Waals surface area contributed by atoms with E-state index in [1.165, 1.54) is 51.3 Å². The average Bonchev–Trinajstić information content (AvgIpc) is 3.39. The van der Waals surface area contributed by atoms with Gasteiger partial charge in [0.05, 0.1) is 5.52 Å². The highest BCUT2D eigenvalue weighted by Gasteiger charge is 2.33. The molecule has 2 aliphatic rings. The van der Waals surface area contributed by atoms with Gasteiger partial charge in [0.25, 0.3) is 0 Å². The predicted octanol–water partition coefficient (Wildman–Crippen LogP) is 4.54. The minimum absolute atomic E-state index is 0.523. The van der Waals surface area contributed by atoms with Crippen molar-refractivity contribution in [2.24, 2.45) is 0 Å². The summed E-state index contributed by atoms with van der Waals surface area (Å²) in [5, 5.41) is 6.52. The number of nitrogens with zero attached hydrogens (tertiary/aromatic N) is 1. The first-order valence-corrected chi connectivity index (χ1v) is 9.77. The van der Waals surface area contributed by atoms with E-state index in [4.69, 9.17) is 0 Å². The highest BCUT2D eigenvalue weighted by Crippen LogP contribution is 2.43. The second kappa shape index (κ2) is 5.49. The first-order chi connectivity index (χ1) is 12.9. The van der Waals surface area contributed by atoms with E-state index in [1.54, 1.807) is 0 Å². The molecule has 0 radical (unpaired) electrons. The van der Waals surface area contributed by atoms with E-state index in [0.29, 0.717) is 11.8 Å². The number of fused-ring (bicyclic) bond motifs is 1. The first kappa shape index (κ1) is 14.6. The molecule has 26 heavy (non-hydrogen) atoms. The lowest BCUT2D eigenvalue weighted by Crippen LogP contribution is -2.08. The minimum Gasteiger partial charge on any atom is -0.361 e. The van der Waals surface area contributed by atoms with Crippen LogP contribution in [0.25, 0.3) is 21.8 Å². The Morgan fingerprint density at radius 2 is 1.73 bits per heavy atom. The van der Waals surface area contributed by atoms with Crippen LogP contribution in [0.3, 0.4) is 0 Å². The molecule has 1 fully saturated rings. The van der Waals surface area contributed by atoms with Gasteiger partial charge in [0, 0.05) is 60.2 Å². The predicted molar refractivity (Wildman–Crippen MR) is 107 cm³/mol. The lowest BCUT2D eigenvalue weighted by atomic mass is 9.83. The summed E-state index contributed by atoms with van der Waals surface area (Å²) in [5.41, 5.74) is 7.25. The number of aryl methyl sites for hydroxylation is 2. The Hall–Kier alpha value is -2.52.